The third-order valence-electron chi connectivity index (χ3n) is 5.43. The van der Waals surface area contributed by atoms with Crippen LogP contribution in [-0.4, -0.2) is 52.1 Å². The summed E-state index contributed by atoms with van der Waals surface area (Å²) in [5.41, 5.74) is 0.504. The fraction of sp³-hybridized carbons (Fsp3) is 0.450. The minimum Gasteiger partial charge on any atom is -0.328 e. The zero-order chi connectivity index (χ0) is 19.8. The van der Waals surface area contributed by atoms with Crippen molar-refractivity contribution in [3.05, 3.63) is 54.4 Å². The normalized spacial score (nSPS) is 17.1. The fourth-order valence-electron chi connectivity index (χ4n) is 3.39. The maximum absolute atomic E-state index is 13.3. The van der Waals surface area contributed by atoms with E-state index in [4.69, 9.17) is 0 Å². The number of carbonyl (C=O) groups excluding carboxylic acids is 1. The third kappa shape index (κ3) is 3.72. The second-order valence-corrected chi connectivity index (χ2v) is 7.76. The highest BCUT2D eigenvalue weighted by atomic mass is 16.2. The zero-order valence-electron chi connectivity index (χ0n) is 16.2. The first-order chi connectivity index (χ1) is 14.2. The van der Waals surface area contributed by atoms with E-state index in [0.29, 0.717) is 35.7 Å². The molecule has 5 rings (SSSR count). The van der Waals surface area contributed by atoms with E-state index in [-0.39, 0.29) is 11.9 Å². The van der Waals surface area contributed by atoms with Gasteiger partial charge in [-0.15, -0.1) is 0 Å². The SMILES string of the molecule is CC(c1ncnn1-c1ncccn1)N(CC1CC1)C(=O)c1cnc(C2CC2)nc1. The summed E-state index contributed by atoms with van der Waals surface area (Å²) in [6.45, 7) is 2.63. The lowest BCUT2D eigenvalue weighted by Crippen LogP contribution is -2.37. The zero-order valence-corrected chi connectivity index (χ0v) is 16.2. The summed E-state index contributed by atoms with van der Waals surface area (Å²) in [5.74, 6) is 2.80. The van der Waals surface area contributed by atoms with E-state index in [1.54, 1.807) is 35.5 Å². The van der Waals surface area contributed by atoms with E-state index in [0.717, 1.165) is 31.5 Å². The van der Waals surface area contributed by atoms with Crippen LogP contribution in [0.15, 0.2) is 37.2 Å². The van der Waals surface area contributed by atoms with Crippen LogP contribution in [0.5, 0.6) is 0 Å². The molecule has 0 aromatic carbocycles. The highest BCUT2D eigenvalue weighted by molar-refractivity contribution is 5.93. The van der Waals surface area contributed by atoms with Gasteiger partial charge in [0.2, 0.25) is 0 Å². The number of nitrogens with zero attached hydrogens (tertiary/aromatic N) is 8. The Morgan fingerprint density at radius 2 is 1.83 bits per heavy atom. The van der Waals surface area contributed by atoms with Gasteiger partial charge in [-0.2, -0.15) is 9.78 Å². The highest BCUT2D eigenvalue weighted by Crippen LogP contribution is 2.38. The molecule has 2 saturated carbocycles. The number of aromatic nitrogens is 7. The molecular formula is C20H22N8O. The van der Waals surface area contributed by atoms with Gasteiger partial charge in [-0.3, -0.25) is 4.79 Å². The van der Waals surface area contributed by atoms with Crippen LogP contribution >= 0.6 is 0 Å². The maximum atomic E-state index is 13.3. The number of amides is 1. The molecule has 3 heterocycles. The van der Waals surface area contributed by atoms with Gasteiger partial charge in [-0.05, 0) is 44.6 Å². The molecule has 0 bridgehead atoms. The quantitative estimate of drug-likeness (QED) is 0.610. The molecule has 148 valence electrons. The first kappa shape index (κ1) is 17.8. The van der Waals surface area contributed by atoms with Crippen molar-refractivity contribution >= 4 is 5.91 Å². The molecule has 9 heteroatoms. The molecule has 2 fully saturated rings. The monoisotopic (exact) mass is 390 g/mol. The van der Waals surface area contributed by atoms with Crippen LogP contribution in [0, 0.1) is 5.92 Å². The third-order valence-corrected chi connectivity index (χ3v) is 5.43. The largest absolute Gasteiger partial charge is 0.328 e. The smallest absolute Gasteiger partial charge is 0.257 e. The van der Waals surface area contributed by atoms with Gasteiger partial charge in [0.25, 0.3) is 11.9 Å². The van der Waals surface area contributed by atoms with E-state index < -0.39 is 0 Å². The minimum atomic E-state index is -0.294. The lowest BCUT2D eigenvalue weighted by Gasteiger charge is -2.28. The van der Waals surface area contributed by atoms with Crippen LogP contribution in [0.4, 0.5) is 0 Å². The standard InChI is InChI=1S/C20H22N8O/c1-13(18-25-12-26-28(18)20-21-7-2-8-22-20)27(11-14-3-4-14)19(29)16-9-23-17(24-10-16)15-5-6-15/h2,7-10,12-15H,3-6,11H2,1H3. The minimum absolute atomic E-state index is 0.0877. The number of rotatable bonds is 7. The van der Waals surface area contributed by atoms with Gasteiger partial charge in [0.05, 0.1) is 11.6 Å². The summed E-state index contributed by atoms with van der Waals surface area (Å²) in [6, 6.07) is 1.45. The van der Waals surface area contributed by atoms with Crippen molar-refractivity contribution in [3.8, 4) is 5.95 Å². The summed E-state index contributed by atoms with van der Waals surface area (Å²) in [4.78, 5) is 36.9. The molecule has 0 N–H and O–H groups in total. The molecule has 0 spiro atoms. The van der Waals surface area contributed by atoms with Crippen LogP contribution in [0.1, 0.15) is 66.6 Å². The molecule has 3 aromatic rings. The van der Waals surface area contributed by atoms with Gasteiger partial charge >= 0.3 is 0 Å². The molecule has 1 amide bonds. The van der Waals surface area contributed by atoms with E-state index in [9.17, 15) is 4.79 Å². The lowest BCUT2D eigenvalue weighted by molar-refractivity contribution is 0.0669. The molecule has 1 unspecified atom stereocenters. The topological polar surface area (TPSA) is 103 Å². The van der Waals surface area contributed by atoms with Crippen molar-refractivity contribution in [1.82, 2.24) is 39.6 Å². The molecule has 0 saturated heterocycles. The Morgan fingerprint density at radius 1 is 1.10 bits per heavy atom. The fourth-order valence-corrected chi connectivity index (χ4v) is 3.39. The Labute approximate surface area is 168 Å². The number of hydrogen-bond donors (Lipinski definition) is 0. The maximum Gasteiger partial charge on any atom is 0.257 e. The Balaban J connectivity index is 1.43. The Morgan fingerprint density at radius 3 is 2.48 bits per heavy atom. The van der Waals surface area contributed by atoms with Crippen molar-refractivity contribution in [2.75, 3.05) is 6.54 Å². The van der Waals surface area contributed by atoms with Gasteiger partial charge < -0.3 is 4.90 Å². The Hall–Kier alpha value is -3.23. The Bertz CT molecular complexity index is 995. The first-order valence-corrected chi connectivity index (χ1v) is 10.0. The summed E-state index contributed by atoms with van der Waals surface area (Å²) in [6.07, 6.45) is 12.6. The van der Waals surface area contributed by atoms with Gasteiger partial charge in [-0.1, -0.05) is 0 Å². The van der Waals surface area contributed by atoms with E-state index in [2.05, 4.69) is 30.0 Å². The number of hydrogen-bond acceptors (Lipinski definition) is 7. The summed E-state index contributed by atoms with van der Waals surface area (Å²) >= 11 is 0. The van der Waals surface area contributed by atoms with Crippen molar-refractivity contribution in [2.45, 2.75) is 44.6 Å². The van der Waals surface area contributed by atoms with Crippen LogP contribution in [0.25, 0.3) is 5.95 Å². The van der Waals surface area contributed by atoms with Crippen LogP contribution in [-0.2, 0) is 0 Å². The second kappa shape index (κ2) is 7.31. The molecule has 9 nitrogen and oxygen atoms in total. The van der Waals surface area contributed by atoms with E-state index >= 15 is 0 Å². The van der Waals surface area contributed by atoms with Gasteiger partial charge in [0.1, 0.15) is 12.2 Å². The van der Waals surface area contributed by atoms with Crippen LogP contribution in [0.2, 0.25) is 0 Å². The molecule has 2 aliphatic carbocycles. The summed E-state index contributed by atoms with van der Waals surface area (Å²) < 4.78 is 1.59. The average Bonchev–Trinajstić information content (AvgIpc) is 3.70. The van der Waals surface area contributed by atoms with E-state index in [1.165, 1.54) is 6.33 Å². The van der Waals surface area contributed by atoms with Crippen molar-refractivity contribution in [3.63, 3.8) is 0 Å². The molecule has 29 heavy (non-hydrogen) atoms. The molecule has 3 aromatic heterocycles. The second-order valence-electron chi connectivity index (χ2n) is 7.76. The van der Waals surface area contributed by atoms with Crippen molar-refractivity contribution < 1.29 is 4.79 Å². The van der Waals surface area contributed by atoms with Gasteiger partial charge in [0.15, 0.2) is 5.82 Å². The average molecular weight is 390 g/mol. The van der Waals surface area contributed by atoms with Gasteiger partial charge in [-0.25, -0.2) is 24.9 Å². The van der Waals surface area contributed by atoms with E-state index in [1.807, 2.05) is 11.8 Å². The Kier molecular flexibility index (Phi) is 4.49. The first-order valence-electron chi connectivity index (χ1n) is 10.0. The van der Waals surface area contributed by atoms with Crippen LogP contribution < -0.4 is 0 Å². The molecule has 0 aliphatic heterocycles. The highest BCUT2D eigenvalue weighted by Gasteiger charge is 2.33. The number of carbonyl (C=O) groups is 1. The predicted molar refractivity (Wildman–Crippen MR) is 103 cm³/mol. The van der Waals surface area contributed by atoms with Crippen molar-refractivity contribution in [2.24, 2.45) is 5.92 Å². The molecule has 2 aliphatic rings. The summed E-state index contributed by atoms with van der Waals surface area (Å²) in [7, 11) is 0. The summed E-state index contributed by atoms with van der Waals surface area (Å²) in [5, 5.41) is 4.27. The predicted octanol–water partition coefficient (Wildman–Crippen LogP) is 2.34. The molecule has 1 atom stereocenters. The van der Waals surface area contributed by atoms with Crippen molar-refractivity contribution in [1.29, 1.82) is 0 Å². The molecule has 0 radical (unpaired) electrons. The van der Waals surface area contributed by atoms with Gasteiger partial charge in [0, 0.05) is 37.3 Å². The van der Waals surface area contributed by atoms with Crippen LogP contribution in [0.3, 0.4) is 0 Å². The molecular weight excluding hydrogens is 368 g/mol. The lowest BCUT2D eigenvalue weighted by atomic mass is 10.2.